The van der Waals surface area contributed by atoms with Gasteiger partial charge in [-0.25, -0.2) is 0 Å². The topological polar surface area (TPSA) is 68.9 Å². The van der Waals surface area contributed by atoms with Crippen molar-refractivity contribution in [3.8, 4) is 0 Å². The maximum absolute atomic E-state index is 10.5. The largest absolute Gasteiger partial charge is 0.270 e. The molecule has 7 heteroatoms. The van der Waals surface area contributed by atoms with Crippen LogP contribution in [-0.2, 0) is 0 Å². The first-order chi connectivity index (χ1) is 8.09. The van der Waals surface area contributed by atoms with Crippen molar-refractivity contribution in [3.05, 3.63) is 38.6 Å². The molecule has 0 amide bonds. The summed E-state index contributed by atoms with van der Waals surface area (Å²) in [6.45, 7) is 4.00. The molecule has 1 aromatic heterocycles. The third kappa shape index (κ3) is 2.81. The molecule has 2 aromatic rings. The zero-order valence-electron chi connectivity index (χ0n) is 9.15. The average Bonchev–Trinajstić information content (AvgIpc) is 2.36. The van der Waals surface area contributed by atoms with Crippen LogP contribution in [0.5, 0.6) is 0 Å². The minimum atomic E-state index is -0.510. The Bertz CT molecular complexity index is 560. The SMILES string of the molecule is CC.O=[N+]([O-])c1ccc2c(Cl)nnc(Cl)c2c1. The monoisotopic (exact) mass is 273 g/mol. The van der Waals surface area contributed by atoms with Crippen LogP contribution < -0.4 is 0 Å². The van der Waals surface area contributed by atoms with E-state index in [1.54, 1.807) is 0 Å². The Morgan fingerprint density at radius 2 is 1.65 bits per heavy atom. The van der Waals surface area contributed by atoms with E-state index in [0.29, 0.717) is 10.8 Å². The standard InChI is InChI=1S/C8H3Cl2N3O2.C2H6/c9-7-5-2-1-4(13(14)15)3-6(5)8(10)12-11-7;1-2/h1-3H;1-2H3. The highest BCUT2D eigenvalue weighted by Crippen LogP contribution is 2.28. The first-order valence-corrected chi connectivity index (χ1v) is 5.61. The number of hydrogen-bond donors (Lipinski definition) is 0. The van der Waals surface area contributed by atoms with E-state index < -0.39 is 4.92 Å². The molecule has 0 aliphatic carbocycles. The second-order valence-corrected chi connectivity index (χ2v) is 3.48. The van der Waals surface area contributed by atoms with Gasteiger partial charge in [0.1, 0.15) is 0 Å². The minimum absolute atomic E-state index is 0.0616. The molecule has 1 aromatic carbocycles. The molecule has 0 fully saturated rings. The summed E-state index contributed by atoms with van der Waals surface area (Å²) in [4.78, 5) is 10.0. The predicted molar refractivity (Wildman–Crippen MR) is 67.6 cm³/mol. The number of rotatable bonds is 1. The van der Waals surface area contributed by atoms with E-state index in [1.165, 1.54) is 18.2 Å². The molecule has 0 atom stereocenters. The Morgan fingerprint density at radius 3 is 2.18 bits per heavy atom. The molecule has 0 spiro atoms. The summed E-state index contributed by atoms with van der Waals surface area (Å²) < 4.78 is 0. The number of aromatic nitrogens is 2. The van der Waals surface area contributed by atoms with Gasteiger partial charge in [0.2, 0.25) is 0 Å². The molecule has 0 aliphatic heterocycles. The lowest BCUT2D eigenvalue weighted by molar-refractivity contribution is -0.384. The number of nitro benzene ring substituents is 1. The first-order valence-electron chi connectivity index (χ1n) is 4.85. The highest BCUT2D eigenvalue weighted by atomic mass is 35.5. The van der Waals surface area contributed by atoms with Crippen LogP contribution in [0.25, 0.3) is 10.8 Å². The molecule has 0 aliphatic rings. The van der Waals surface area contributed by atoms with Gasteiger partial charge in [-0.15, -0.1) is 10.2 Å². The molecular formula is C10H9Cl2N3O2. The molecule has 0 saturated carbocycles. The number of halogens is 2. The molecular weight excluding hydrogens is 265 g/mol. The van der Waals surface area contributed by atoms with Gasteiger partial charge in [-0.3, -0.25) is 10.1 Å². The van der Waals surface area contributed by atoms with Crippen molar-refractivity contribution in [2.75, 3.05) is 0 Å². The Morgan fingerprint density at radius 1 is 1.12 bits per heavy atom. The van der Waals surface area contributed by atoms with Crippen molar-refractivity contribution in [3.63, 3.8) is 0 Å². The van der Waals surface area contributed by atoms with Crippen molar-refractivity contribution in [1.82, 2.24) is 10.2 Å². The van der Waals surface area contributed by atoms with Gasteiger partial charge in [0.05, 0.1) is 4.92 Å². The fourth-order valence-corrected chi connectivity index (χ4v) is 1.59. The highest BCUT2D eigenvalue weighted by molar-refractivity contribution is 6.38. The van der Waals surface area contributed by atoms with E-state index in [4.69, 9.17) is 23.2 Å². The Labute approximate surface area is 108 Å². The van der Waals surface area contributed by atoms with Crippen LogP contribution in [0.4, 0.5) is 5.69 Å². The van der Waals surface area contributed by atoms with E-state index in [1.807, 2.05) is 13.8 Å². The number of benzene rings is 1. The molecule has 0 bridgehead atoms. The maximum Gasteiger partial charge on any atom is 0.270 e. The van der Waals surface area contributed by atoms with Crippen molar-refractivity contribution >= 4 is 39.7 Å². The van der Waals surface area contributed by atoms with Gasteiger partial charge in [-0.05, 0) is 6.07 Å². The Balaban J connectivity index is 0.000000686. The van der Waals surface area contributed by atoms with E-state index in [0.717, 1.165) is 0 Å². The predicted octanol–water partition coefficient (Wildman–Crippen LogP) is 3.87. The van der Waals surface area contributed by atoms with Gasteiger partial charge in [-0.1, -0.05) is 37.0 Å². The van der Waals surface area contributed by atoms with E-state index in [2.05, 4.69) is 10.2 Å². The van der Waals surface area contributed by atoms with Crippen LogP contribution >= 0.6 is 23.2 Å². The Kier molecular flexibility index (Phi) is 4.60. The fourth-order valence-electron chi connectivity index (χ4n) is 1.19. The van der Waals surface area contributed by atoms with Crippen LogP contribution in [0.1, 0.15) is 13.8 Å². The summed E-state index contributed by atoms with van der Waals surface area (Å²) in [7, 11) is 0. The van der Waals surface area contributed by atoms with Gasteiger partial charge in [-0.2, -0.15) is 0 Å². The molecule has 90 valence electrons. The van der Waals surface area contributed by atoms with Crippen LogP contribution in [0.15, 0.2) is 18.2 Å². The van der Waals surface area contributed by atoms with Gasteiger partial charge in [0, 0.05) is 22.9 Å². The van der Waals surface area contributed by atoms with Crippen molar-refractivity contribution < 1.29 is 4.92 Å². The van der Waals surface area contributed by atoms with Crippen molar-refractivity contribution in [2.45, 2.75) is 13.8 Å². The zero-order valence-corrected chi connectivity index (χ0v) is 10.7. The Hall–Kier alpha value is -1.46. The van der Waals surface area contributed by atoms with Gasteiger partial charge in [0.25, 0.3) is 5.69 Å². The molecule has 0 unspecified atom stereocenters. The summed E-state index contributed by atoms with van der Waals surface area (Å²) in [6.07, 6.45) is 0. The van der Waals surface area contributed by atoms with Crippen LogP contribution in [0.3, 0.4) is 0 Å². The normalized spacial score (nSPS) is 9.65. The summed E-state index contributed by atoms with van der Waals surface area (Å²) in [5, 5.41) is 18.9. The van der Waals surface area contributed by atoms with E-state index >= 15 is 0 Å². The number of hydrogen-bond acceptors (Lipinski definition) is 4. The number of nitro groups is 1. The maximum atomic E-state index is 10.5. The van der Waals surface area contributed by atoms with E-state index in [9.17, 15) is 10.1 Å². The lowest BCUT2D eigenvalue weighted by atomic mass is 10.2. The van der Waals surface area contributed by atoms with Gasteiger partial charge < -0.3 is 0 Å². The molecule has 1 heterocycles. The van der Waals surface area contributed by atoms with Gasteiger partial charge >= 0.3 is 0 Å². The molecule has 0 radical (unpaired) electrons. The average molecular weight is 274 g/mol. The number of nitrogens with zero attached hydrogens (tertiary/aromatic N) is 3. The van der Waals surface area contributed by atoms with Crippen molar-refractivity contribution in [1.29, 1.82) is 0 Å². The quantitative estimate of drug-likeness (QED) is 0.584. The second-order valence-electron chi connectivity index (χ2n) is 2.77. The fraction of sp³-hybridized carbons (Fsp3) is 0.200. The molecule has 0 N–H and O–H groups in total. The van der Waals surface area contributed by atoms with E-state index in [-0.39, 0.29) is 16.0 Å². The summed E-state index contributed by atoms with van der Waals surface area (Å²) in [5.41, 5.74) is -0.0616. The lowest BCUT2D eigenvalue weighted by Crippen LogP contribution is -1.90. The first kappa shape index (κ1) is 13.6. The molecule has 0 saturated heterocycles. The van der Waals surface area contributed by atoms with Crippen LogP contribution in [0.2, 0.25) is 10.3 Å². The lowest BCUT2D eigenvalue weighted by Gasteiger charge is -2.00. The second kappa shape index (κ2) is 5.75. The van der Waals surface area contributed by atoms with Crippen LogP contribution in [-0.4, -0.2) is 15.1 Å². The smallest absolute Gasteiger partial charge is 0.258 e. The number of fused-ring (bicyclic) bond motifs is 1. The zero-order chi connectivity index (χ0) is 13.0. The third-order valence-corrected chi connectivity index (χ3v) is 2.44. The van der Waals surface area contributed by atoms with Crippen LogP contribution in [0, 0.1) is 10.1 Å². The summed E-state index contributed by atoms with van der Waals surface area (Å²) in [6, 6.07) is 4.15. The van der Waals surface area contributed by atoms with Crippen molar-refractivity contribution in [2.24, 2.45) is 0 Å². The third-order valence-electron chi connectivity index (χ3n) is 1.88. The highest BCUT2D eigenvalue weighted by Gasteiger charge is 2.11. The molecule has 17 heavy (non-hydrogen) atoms. The number of non-ortho nitro benzene ring substituents is 1. The molecule has 2 rings (SSSR count). The van der Waals surface area contributed by atoms with Gasteiger partial charge in [0.15, 0.2) is 10.3 Å². The summed E-state index contributed by atoms with van der Waals surface area (Å²) >= 11 is 11.5. The molecule has 5 nitrogen and oxygen atoms in total. The minimum Gasteiger partial charge on any atom is -0.258 e. The summed E-state index contributed by atoms with van der Waals surface area (Å²) in [5.74, 6) is 0.